The number of carbonyl (C=O) groups is 1. The summed E-state index contributed by atoms with van der Waals surface area (Å²) in [6, 6.07) is 12.7. The number of ether oxygens (including phenoxy) is 1. The zero-order valence-electron chi connectivity index (χ0n) is 19.6. The van der Waals surface area contributed by atoms with Crippen LogP contribution in [0.4, 0.5) is 0 Å². The predicted molar refractivity (Wildman–Crippen MR) is 131 cm³/mol. The van der Waals surface area contributed by atoms with Crippen LogP contribution in [-0.4, -0.2) is 56.2 Å². The number of fused-ring (bicyclic) bond motifs is 2. The van der Waals surface area contributed by atoms with Crippen molar-refractivity contribution >= 4 is 28.0 Å². The fourth-order valence-electron chi connectivity index (χ4n) is 6.82. The van der Waals surface area contributed by atoms with Gasteiger partial charge in [0.1, 0.15) is 5.65 Å². The summed E-state index contributed by atoms with van der Waals surface area (Å²) < 4.78 is 9.83. The number of nitrogens with zero attached hydrogens (tertiary/aromatic N) is 5. The van der Waals surface area contributed by atoms with Crippen LogP contribution < -0.4 is 0 Å². The minimum Gasteiger partial charge on any atom is -0.383 e. The van der Waals surface area contributed by atoms with Crippen molar-refractivity contribution in [3.05, 3.63) is 48.2 Å². The van der Waals surface area contributed by atoms with Crippen LogP contribution in [0.1, 0.15) is 30.1 Å². The normalized spacial score (nSPS) is 24.9. The maximum Gasteiger partial charge on any atom is 0.254 e. The summed E-state index contributed by atoms with van der Waals surface area (Å²) in [5, 5.41) is 1.10. The molecule has 1 aliphatic heterocycles. The summed E-state index contributed by atoms with van der Waals surface area (Å²) in [6.45, 7) is 5.13. The van der Waals surface area contributed by atoms with Gasteiger partial charge in [-0.2, -0.15) is 0 Å². The second-order valence-corrected chi connectivity index (χ2v) is 10.1. The Morgan fingerprint density at radius 3 is 2.85 bits per heavy atom. The second-order valence-electron chi connectivity index (χ2n) is 10.1. The first-order valence-corrected chi connectivity index (χ1v) is 12.4. The van der Waals surface area contributed by atoms with Crippen molar-refractivity contribution in [1.82, 2.24) is 24.0 Å². The minimum atomic E-state index is 0.166. The van der Waals surface area contributed by atoms with Gasteiger partial charge in [-0.05, 0) is 73.9 Å². The lowest BCUT2D eigenvalue weighted by atomic mass is 9.53. The fraction of sp³-hybridized carbons (Fsp3) is 0.444. The number of imidazole rings is 1. The van der Waals surface area contributed by atoms with Crippen LogP contribution >= 0.6 is 0 Å². The summed E-state index contributed by atoms with van der Waals surface area (Å²) in [7, 11) is 1.72. The minimum absolute atomic E-state index is 0.166. The Kier molecular flexibility index (Phi) is 4.40. The Balaban J connectivity index is 1.32. The van der Waals surface area contributed by atoms with Crippen LogP contribution in [0.15, 0.2) is 42.6 Å². The molecule has 2 aliphatic carbocycles. The van der Waals surface area contributed by atoms with E-state index in [0.717, 1.165) is 70.0 Å². The lowest BCUT2D eigenvalue weighted by Crippen LogP contribution is -2.53. The third-order valence-corrected chi connectivity index (χ3v) is 8.49. The molecule has 3 aromatic heterocycles. The summed E-state index contributed by atoms with van der Waals surface area (Å²) in [6.07, 6.45) is 4.34. The van der Waals surface area contributed by atoms with Gasteiger partial charge in [0.05, 0.1) is 23.3 Å². The average Bonchev–Trinajstić information content (AvgIpc) is 3.40. The zero-order valence-corrected chi connectivity index (χ0v) is 19.6. The van der Waals surface area contributed by atoms with Crippen molar-refractivity contribution in [2.24, 2.45) is 17.8 Å². The number of benzene rings is 1. The van der Waals surface area contributed by atoms with Gasteiger partial charge in [-0.3, -0.25) is 4.79 Å². The highest BCUT2D eigenvalue weighted by atomic mass is 16.5. The number of rotatable bonds is 6. The highest BCUT2D eigenvalue weighted by Crippen LogP contribution is 2.60. The topological polar surface area (TPSA) is 65.2 Å². The summed E-state index contributed by atoms with van der Waals surface area (Å²) >= 11 is 0. The quantitative estimate of drug-likeness (QED) is 0.437. The predicted octanol–water partition coefficient (Wildman–Crippen LogP) is 4.20. The Morgan fingerprint density at radius 1 is 1.15 bits per heavy atom. The van der Waals surface area contributed by atoms with Crippen LogP contribution in [-0.2, 0) is 17.8 Å². The van der Waals surface area contributed by atoms with E-state index in [0.29, 0.717) is 19.2 Å². The van der Waals surface area contributed by atoms with E-state index in [2.05, 4.69) is 44.1 Å². The third kappa shape index (κ3) is 2.70. The van der Waals surface area contributed by atoms with Gasteiger partial charge < -0.3 is 18.8 Å². The first kappa shape index (κ1) is 20.2. The Bertz CT molecular complexity index is 1440. The fourth-order valence-corrected chi connectivity index (χ4v) is 6.82. The molecule has 174 valence electrons. The number of likely N-dealkylation sites (tertiary alicyclic amines) is 1. The van der Waals surface area contributed by atoms with Crippen LogP contribution in [0.25, 0.3) is 33.6 Å². The van der Waals surface area contributed by atoms with Crippen molar-refractivity contribution in [2.75, 3.05) is 20.3 Å². The molecule has 4 heterocycles. The molecule has 0 spiro atoms. The standard InChI is InChI=1S/C27H29N5O2/c1-3-30-23(13-16-5-4-8-28-25(16)30)26-29-20-12-17(6-7-21(20)31(26)9-10-34-2)27(33)32-15-19-11-18-14-22(32)24(18)19/h4-8,12-13,18-19,22,24H,3,9-11,14-15H2,1-2H3/t18?,19-,22-,24-/m1/s1. The molecule has 4 atom stereocenters. The molecule has 7 heteroatoms. The Labute approximate surface area is 198 Å². The lowest BCUT2D eigenvalue weighted by Gasteiger charge is -2.52. The van der Waals surface area contributed by atoms with Crippen molar-refractivity contribution < 1.29 is 9.53 Å². The molecule has 7 rings (SSSR count). The molecule has 1 saturated heterocycles. The van der Waals surface area contributed by atoms with Crippen molar-refractivity contribution in [1.29, 1.82) is 0 Å². The SMILES string of the molecule is CCn1c(-c2nc3cc(C(=O)N4C[C@H]5CC6C[C@@H]4[C@H]65)ccc3n2CCOC)cc2cccnc21. The molecule has 1 amide bonds. The summed E-state index contributed by atoms with van der Waals surface area (Å²) in [4.78, 5) is 25.3. The first-order chi connectivity index (χ1) is 16.7. The molecule has 0 N–H and O–H groups in total. The second kappa shape index (κ2) is 7.40. The van der Waals surface area contributed by atoms with E-state index < -0.39 is 0 Å². The van der Waals surface area contributed by atoms with Crippen LogP contribution in [0.3, 0.4) is 0 Å². The van der Waals surface area contributed by atoms with E-state index >= 15 is 0 Å². The molecule has 0 bridgehead atoms. The van der Waals surface area contributed by atoms with Gasteiger partial charge in [0.2, 0.25) is 0 Å². The lowest BCUT2D eigenvalue weighted by molar-refractivity contribution is -0.0204. The van der Waals surface area contributed by atoms with Gasteiger partial charge in [-0.15, -0.1) is 0 Å². The van der Waals surface area contributed by atoms with Gasteiger partial charge in [0.15, 0.2) is 5.82 Å². The number of amides is 1. The highest BCUT2D eigenvalue weighted by molar-refractivity contribution is 5.98. The van der Waals surface area contributed by atoms with E-state index in [1.165, 1.54) is 12.8 Å². The van der Waals surface area contributed by atoms with Crippen molar-refractivity contribution in [2.45, 2.75) is 38.9 Å². The number of hydrogen-bond acceptors (Lipinski definition) is 4. The van der Waals surface area contributed by atoms with E-state index in [1.54, 1.807) is 7.11 Å². The zero-order chi connectivity index (χ0) is 23.0. The third-order valence-electron chi connectivity index (χ3n) is 8.49. The van der Waals surface area contributed by atoms with Crippen LogP contribution in [0.2, 0.25) is 0 Å². The first-order valence-electron chi connectivity index (χ1n) is 12.4. The van der Waals surface area contributed by atoms with Gasteiger partial charge in [0.25, 0.3) is 5.91 Å². The number of carbonyl (C=O) groups excluding carboxylic acids is 1. The molecular weight excluding hydrogens is 426 g/mol. The number of methoxy groups -OCH3 is 1. The Hall–Kier alpha value is -3.19. The molecule has 3 aliphatic rings. The summed E-state index contributed by atoms with van der Waals surface area (Å²) in [5.41, 5.74) is 4.62. The van der Waals surface area contributed by atoms with E-state index in [1.807, 2.05) is 24.4 Å². The number of aryl methyl sites for hydroxylation is 1. The van der Waals surface area contributed by atoms with Crippen molar-refractivity contribution in [3.8, 4) is 11.5 Å². The molecule has 7 nitrogen and oxygen atoms in total. The number of pyridine rings is 1. The van der Waals surface area contributed by atoms with E-state index in [9.17, 15) is 4.79 Å². The maximum absolute atomic E-state index is 13.5. The maximum atomic E-state index is 13.5. The molecule has 1 aromatic carbocycles. The van der Waals surface area contributed by atoms with Gasteiger partial charge in [0, 0.05) is 49.9 Å². The van der Waals surface area contributed by atoms with E-state index in [4.69, 9.17) is 9.72 Å². The Morgan fingerprint density at radius 2 is 2.06 bits per heavy atom. The van der Waals surface area contributed by atoms with Crippen molar-refractivity contribution in [3.63, 3.8) is 0 Å². The average molecular weight is 456 g/mol. The highest BCUT2D eigenvalue weighted by Gasteiger charge is 2.61. The molecule has 4 aromatic rings. The molecule has 0 radical (unpaired) electrons. The van der Waals surface area contributed by atoms with E-state index in [-0.39, 0.29) is 5.91 Å². The van der Waals surface area contributed by atoms with Gasteiger partial charge >= 0.3 is 0 Å². The summed E-state index contributed by atoms with van der Waals surface area (Å²) in [5.74, 6) is 3.45. The molecular formula is C27H29N5O2. The monoisotopic (exact) mass is 455 g/mol. The largest absolute Gasteiger partial charge is 0.383 e. The van der Waals surface area contributed by atoms with Crippen LogP contribution in [0.5, 0.6) is 0 Å². The van der Waals surface area contributed by atoms with Crippen LogP contribution in [0, 0.1) is 17.8 Å². The number of hydrogen-bond donors (Lipinski definition) is 0. The van der Waals surface area contributed by atoms with Gasteiger partial charge in [-0.25, -0.2) is 9.97 Å². The molecule has 2 saturated carbocycles. The molecule has 1 unspecified atom stereocenters. The number of aromatic nitrogens is 4. The molecule has 34 heavy (non-hydrogen) atoms. The molecule has 3 fully saturated rings. The van der Waals surface area contributed by atoms with Gasteiger partial charge in [-0.1, -0.05) is 0 Å². The smallest absolute Gasteiger partial charge is 0.254 e.